The molecule has 2 aromatic carbocycles. The van der Waals surface area contributed by atoms with E-state index in [2.05, 4.69) is 5.32 Å². The van der Waals surface area contributed by atoms with Crippen molar-refractivity contribution in [3.05, 3.63) is 59.9 Å². The molecule has 0 bridgehead atoms. The van der Waals surface area contributed by atoms with Crippen molar-refractivity contribution in [2.75, 3.05) is 26.9 Å². The first-order valence-electron chi connectivity index (χ1n) is 7.56. The largest absolute Gasteiger partial charge is 0.496 e. The first-order chi connectivity index (χ1) is 12.1. The Balaban J connectivity index is 1.70. The summed E-state index contributed by atoms with van der Waals surface area (Å²) in [5.74, 6) is -1.06. The van der Waals surface area contributed by atoms with Gasteiger partial charge in [0.1, 0.15) is 25.5 Å². The van der Waals surface area contributed by atoms with Gasteiger partial charge in [-0.25, -0.2) is 4.39 Å². The molecule has 6 nitrogen and oxygen atoms in total. The lowest BCUT2D eigenvalue weighted by Crippen LogP contribution is -2.31. The Morgan fingerprint density at radius 2 is 1.68 bits per heavy atom. The van der Waals surface area contributed by atoms with E-state index in [1.807, 2.05) is 0 Å². The van der Waals surface area contributed by atoms with Crippen LogP contribution in [0.2, 0.25) is 0 Å². The van der Waals surface area contributed by atoms with Gasteiger partial charge in [0.15, 0.2) is 11.6 Å². The lowest BCUT2D eigenvalue weighted by molar-refractivity contribution is -0.143. The number of amides is 1. The van der Waals surface area contributed by atoms with E-state index < -0.39 is 17.7 Å². The zero-order chi connectivity index (χ0) is 18.1. The van der Waals surface area contributed by atoms with Crippen molar-refractivity contribution in [1.82, 2.24) is 5.32 Å². The van der Waals surface area contributed by atoms with Crippen molar-refractivity contribution in [3.63, 3.8) is 0 Å². The second-order valence-corrected chi connectivity index (χ2v) is 4.88. The summed E-state index contributed by atoms with van der Waals surface area (Å²) in [6.07, 6.45) is 0. The molecule has 25 heavy (non-hydrogen) atoms. The topological polar surface area (TPSA) is 73.9 Å². The Kier molecular flexibility index (Phi) is 6.76. The summed E-state index contributed by atoms with van der Waals surface area (Å²) in [5, 5.41) is 2.45. The molecule has 0 aliphatic carbocycles. The number of ether oxygens (including phenoxy) is 3. The predicted octanol–water partition coefficient (Wildman–Crippen LogP) is 2.19. The van der Waals surface area contributed by atoms with Crippen LogP contribution < -0.4 is 14.8 Å². The van der Waals surface area contributed by atoms with E-state index in [1.54, 1.807) is 36.4 Å². The van der Waals surface area contributed by atoms with Crippen molar-refractivity contribution in [1.29, 1.82) is 0 Å². The Morgan fingerprint density at radius 1 is 1.00 bits per heavy atom. The molecule has 0 saturated carbocycles. The van der Waals surface area contributed by atoms with E-state index in [0.29, 0.717) is 11.3 Å². The molecule has 0 heterocycles. The lowest BCUT2D eigenvalue weighted by Gasteiger charge is -2.10. The summed E-state index contributed by atoms with van der Waals surface area (Å²) >= 11 is 0. The molecular formula is C18H18FNO5. The van der Waals surface area contributed by atoms with Crippen LogP contribution in [0.1, 0.15) is 10.4 Å². The van der Waals surface area contributed by atoms with E-state index >= 15 is 0 Å². The normalized spacial score (nSPS) is 10.0. The minimum Gasteiger partial charge on any atom is -0.496 e. The fraction of sp³-hybridized carbons (Fsp3) is 0.222. The predicted molar refractivity (Wildman–Crippen MR) is 88.2 cm³/mol. The Bertz CT molecular complexity index is 735. The van der Waals surface area contributed by atoms with Crippen molar-refractivity contribution in [2.45, 2.75) is 0 Å². The van der Waals surface area contributed by atoms with Gasteiger partial charge in [-0.05, 0) is 24.3 Å². The number of carbonyl (C=O) groups is 2. The van der Waals surface area contributed by atoms with Crippen LogP contribution in [0.25, 0.3) is 0 Å². The van der Waals surface area contributed by atoms with Gasteiger partial charge in [-0.3, -0.25) is 9.59 Å². The van der Waals surface area contributed by atoms with Crippen LogP contribution >= 0.6 is 0 Å². The summed E-state index contributed by atoms with van der Waals surface area (Å²) in [6.45, 7) is -0.346. The first-order valence-corrected chi connectivity index (χ1v) is 7.56. The van der Waals surface area contributed by atoms with Crippen molar-refractivity contribution < 1.29 is 28.2 Å². The van der Waals surface area contributed by atoms with Crippen LogP contribution in [0.4, 0.5) is 4.39 Å². The minimum absolute atomic E-state index is 0.00707. The number of benzene rings is 2. The maximum absolute atomic E-state index is 13.3. The van der Waals surface area contributed by atoms with Crippen molar-refractivity contribution >= 4 is 11.9 Å². The molecule has 7 heteroatoms. The molecule has 2 rings (SSSR count). The highest BCUT2D eigenvalue weighted by Gasteiger charge is 2.13. The summed E-state index contributed by atoms with van der Waals surface area (Å²) in [6, 6.07) is 12.6. The number of carbonyl (C=O) groups excluding carboxylic acids is 2. The van der Waals surface area contributed by atoms with Gasteiger partial charge in [0.2, 0.25) is 0 Å². The summed E-state index contributed by atoms with van der Waals surface area (Å²) in [4.78, 5) is 23.6. The zero-order valence-electron chi connectivity index (χ0n) is 13.7. The van der Waals surface area contributed by atoms with Gasteiger partial charge in [0.05, 0.1) is 12.7 Å². The average molecular weight is 347 g/mol. The molecule has 0 aliphatic rings. The highest BCUT2D eigenvalue weighted by Crippen LogP contribution is 2.17. The Morgan fingerprint density at radius 3 is 2.40 bits per heavy atom. The molecule has 0 atom stereocenters. The molecule has 0 radical (unpaired) electrons. The summed E-state index contributed by atoms with van der Waals surface area (Å²) in [7, 11) is 1.45. The summed E-state index contributed by atoms with van der Waals surface area (Å²) < 4.78 is 28.5. The molecule has 2 aromatic rings. The van der Waals surface area contributed by atoms with Gasteiger partial charge in [-0.15, -0.1) is 0 Å². The number of para-hydroxylation sites is 2. The van der Waals surface area contributed by atoms with Crippen LogP contribution in [-0.2, 0) is 9.53 Å². The van der Waals surface area contributed by atoms with Crippen molar-refractivity contribution in [2.24, 2.45) is 0 Å². The zero-order valence-corrected chi connectivity index (χ0v) is 13.7. The average Bonchev–Trinajstić information content (AvgIpc) is 2.64. The second-order valence-electron chi connectivity index (χ2n) is 4.88. The van der Waals surface area contributed by atoms with Gasteiger partial charge >= 0.3 is 5.97 Å². The number of rotatable bonds is 8. The molecule has 0 aromatic heterocycles. The van der Waals surface area contributed by atoms with Crippen LogP contribution in [0.5, 0.6) is 11.5 Å². The summed E-state index contributed by atoms with van der Waals surface area (Å²) in [5.41, 5.74) is 0.320. The smallest absolute Gasteiger partial charge is 0.325 e. The number of hydrogen-bond acceptors (Lipinski definition) is 5. The number of nitrogens with one attached hydrogen (secondary N) is 1. The molecule has 132 valence electrons. The molecule has 1 amide bonds. The van der Waals surface area contributed by atoms with Crippen LogP contribution in [0, 0.1) is 5.82 Å². The third-order valence-electron chi connectivity index (χ3n) is 3.19. The highest BCUT2D eigenvalue weighted by molar-refractivity contribution is 5.98. The highest BCUT2D eigenvalue weighted by atomic mass is 19.1. The molecule has 0 fully saturated rings. The van der Waals surface area contributed by atoms with Gasteiger partial charge in [-0.1, -0.05) is 24.3 Å². The van der Waals surface area contributed by atoms with E-state index in [4.69, 9.17) is 14.2 Å². The maximum Gasteiger partial charge on any atom is 0.325 e. The number of esters is 1. The Labute approximate surface area is 144 Å². The third kappa shape index (κ3) is 5.49. The van der Waals surface area contributed by atoms with Gasteiger partial charge < -0.3 is 19.5 Å². The monoisotopic (exact) mass is 347 g/mol. The third-order valence-corrected chi connectivity index (χ3v) is 3.19. The number of hydrogen-bond donors (Lipinski definition) is 1. The SMILES string of the molecule is COc1ccccc1C(=O)NCC(=O)OCCOc1ccccc1F. The van der Waals surface area contributed by atoms with Gasteiger partial charge in [-0.2, -0.15) is 0 Å². The van der Waals surface area contributed by atoms with E-state index in [9.17, 15) is 14.0 Å². The van der Waals surface area contributed by atoms with Gasteiger partial charge in [0, 0.05) is 0 Å². The second kappa shape index (κ2) is 9.27. The first kappa shape index (κ1) is 18.3. The lowest BCUT2D eigenvalue weighted by atomic mass is 10.2. The van der Waals surface area contributed by atoms with Gasteiger partial charge in [0.25, 0.3) is 5.91 Å². The van der Waals surface area contributed by atoms with Crippen LogP contribution in [0.3, 0.4) is 0 Å². The van der Waals surface area contributed by atoms with E-state index in [1.165, 1.54) is 19.2 Å². The number of methoxy groups -OCH3 is 1. The molecule has 1 N–H and O–H groups in total. The standard InChI is InChI=1S/C18H18FNO5/c1-23-15-8-4-2-6-13(15)18(22)20-12-17(21)25-11-10-24-16-9-5-3-7-14(16)19/h2-9H,10-12H2,1H3,(H,20,22). The van der Waals surface area contributed by atoms with Crippen LogP contribution in [-0.4, -0.2) is 38.7 Å². The molecule has 0 unspecified atom stereocenters. The molecular weight excluding hydrogens is 329 g/mol. The van der Waals surface area contributed by atoms with Crippen molar-refractivity contribution in [3.8, 4) is 11.5 Å². The number of halogens is 1. The molecule has 0 saturated heterocycles. The van der Waals surface area contributed by atoms with Crippen LogP contribution in [0.15, 0.2) is 48.5 Å². The van der Waals surface area contributed by atoms with E-state index in [0.717, 1.165) is 0 Å². The van der Waals surface area contributed by atoms with E-state index in [-0.39, 0.29) is 25.5 Å². The fourth-order valence-electron chi connectivity index (χ4n) is 2.00. The quantitative estimate of drug-likeness (QED) is 0.585. The molecule has 0 aliphatic heterocycles. The maximum atomic E-state index is 13.3. The minimum atomic E-state index is -0.625. The Hall–Kier alpha value is -3.09. The fourth-order valence-corrected chi connectivity index (χ4v) is 2.00. The molecule has 0 spiro atoms.